The van der Waals surface area contributed by atoms with Gasteiger partial charge in [-0.05, 0) is 49.9 Å². The van der Waals surface area contributed by atoms with Gasteiger partial charge >= 0.3 is 6.18 Å². The number of benzene rings is 1. The highest BCUT2D eigenvalue weighted by Gasteiger charge is 2.36. The highest BCUT2D eigenvalue weighted by Crippen LogP contribution is 2.35. The highest BCUT2D eigenvalue weighted by atomic mass is 19.4. The summed E-state index contributed by atoms with van der Waals surface area (Å²) in [7, 11) is 2.91. The summed E-state index contributed by atoms with van der Waals surface area (Å²) in [4.78, 5) is 19.2. The largest absolute Gasteiger partial charge is 0.493 e. The molecule has 7 nitrogen and oxygen atoms in total. The third-order valence-electron chi connectivity index (χ3n) is 5.99. The van der Waals surface area contributed by atoms with Crippen molar-refractivity contribution >= 4 is 11.6 Å². The molecule has 0 radical (unpaired) electrons. The van der Waals surface area contributed by atoms with Crippen LogP contribution < -0.4 is 9.47 Å². The molecule has 3 heterocycles. The van der Waals surface area contributed by atoms with Gasteiger partial charge in [0.15, 0.2) is 28.5 Å². The molecule has 1 aliphatic heterocycles. The number of alkyl halides is 3. The van der Waals surface area contributed by atoms with Crippen molar-refractivity contribution in [1.29, 1.82) is 0 Å². The Balaban J connectivity index is 1.82. The molecule has 1 amide bonds. The second kappa shape index (κ2) is 8.57. The number of piperidine rings is 1. The number of carbonyl (C=O) groups is 1. The van der Waals surface area contributed by atoms with Crippen molar-refractivity contribution in [2.45, 2.75) is 38.9 Å². The Labute approximate surface area is 189 Å². The lowest BCUT2D eigenvalue weighted by atomic mass is 9.95. The molecule has 0 aliphatic carbocycles. The summed E-state index contributed by atoms with van der Waals surface area (Å²) in [6, 6.07) is 6.97. The predicted molar refractivity (Wildman–Crippen MR) is 115 cm³/mol. The Morgan fingerprint density at radius 2 is 1.79 bits per heavy atom. The second-order valence-electron chi connectivity index (χ2n) is 8.38. The van der Waals surface area contributed by atoms with Crippen LogP contribution in [0.25, 0.3) is 16.9 Å². The van der Waals surface area contributed by atoms with Gasteiger partial charge in [0.1, 0.15) is 0 Å². The summed E-state index contributed by atoms with van der Waals surface area (Å²) in [6.45, 7) is 4.53. The van der Waals surface area contributed by atoms with Crippen molar-refractivity contribution in [3.63, 3.8) is 0 Å². The van der Waals surface area contributed by atoms with E-state index in [1.807, 2.05) is 6.92 Å². The molecule has 2 aromatic heterocycles. The van der Waals surface area contributed by atoms with Crippen LogP contribution in [0.4, 0.5) is 13.2 Å². The maximum atomic E-state index is 13.9. The van der Waals surface area contributed by atoms with E-state index in [9.17, 15) is 18.0 Å². The molecule has 0 saturated carbocycles. The van der Waals surface area contributed by atoms with Gasteiger partial charge in [0, 0.05) is 24.2 Å². The van der Waals surface area contributed by atoms with Crippen LogP contribution in [0.5, 0.6) is 11.5 Å². The van der Waals surface area contributed by atoms with E-state index in [0.717, 1.165) is 18.9 Å². The molecule has 1 aliphatic rings. The maximum Gasteiger partial charge on any atom is 0.433 e. The number of nitrogens with zero attached hydrogens (tertiary/aromatic N) is 4. The number of amides is 1. The number of likely N-dealkylation sites (tertiary alicyclic amines) is 1. The molecule has 0 spiro atoms. The van der Waals surface area contributed by atoms with Gasteiger partial charge in [-0.25, -0.2) is 9.50 Å². The molecule has 1 aromatic carbocycles. The Morgan fingerprint density at radius 1 is 1.06 bits per heavy atom. The number of aromatic nitrogens is 3. The Morgan fingerprint density at radius 3 is 2.45 bits per heavy atom. The van der Waals surface area contributed by atoms with Crippen LogP contribution in [0.15, 0.2) is 30.3 Å². The number of rotatable bonds is 4. The summed E-state index contributed by atoms with van der Waals surface area (Å²) < 4.78 is 52.9. The predicted octanol–water partition coefficient (Wildman–Crippen LogP) is 4.69. The third kappa shape index (κ3) is 4.34. The van der Waals surface area contributed by atoms with Gasteiger partial charge in [0.25, 0.3) is 5.91 Å². The van der Waals surface area contributed by atoms with Gasteiger partial charge in [-0.3, -0.25) is 4.79 Å². The first-order valence-corrected chi connectivity index (χ1v) is 10.6. The Hall–Kier alpha value is -3.30. The summed E-state index contributed by atoms with van der Waals surface area (Å²) in [5.74, 6) is 0.742. The van der Waals surface area contributed by atoms with Crippen molar-refractivity contribution < 1.29 is 27.4 Å². The summed E-state index contributed by atoms with van der Waals surface area (Å²) >= 11 is 0. The molecule has 10 heteroatoms. The molecule has 2 atom stereocenters. The maximum absolute atomic E-state index is 13.9. The number of hydrogen-bond donors (Lipinski definition) is 0. The van der Waals surface area contributed by atoms with Crippen LogP contribution in [0.3, 0.4) is 0 Å². The monoisotopic (exact) mass is 462 g/mol. The number of fused-ring (bicyclic) bond motifs is 1. The summed E-state index contributed by atoms with van der Waals surface area (Å²) in [6.07, 6.45) is -2.86. The molecule has 176 valence electrons. The highest BCUT2D eigenvalue weighted by molar-refractivity contribution is 5.93. The first-order valence-electron chi connectivity index (χ1n) is 10.6. The first-order chi connectivity index (χ1) is 15.6. The number of carbonyl (C=O) groups excluding carboxylic acids is 1. The summed E-state index contributed by atoms with van der Waals surface area (Å²) in [5, 5.41) is 4.01. The fourth-order valence-electron chi connectivity index (χ4n) is 4.14. The van der Waals surface area contributed by atoms with E-state index >= 15 is 0 Å². The van der Waals surface area contributed by atoms with Crippen LogP contribution in [-0.4, -0.2) is 52.2 Å². The smallest absolute Gasteiger partial charge is 0.433 e. The lowest BCUT2D eigenvalue weighted by molar-refractivity contribution is -0.142. The molecule has 0 N–H and O–H groups in total. The molecule has 0 bridgehead atoms. The normalized spacial score (nSPS) is 19.1. The van der Waals surface area contributed by atoms with Crippen molar-refractivity contribution in [2.24, 2.45) is 5.92 Å². The van der Waals surface area contributed by atoms with E-state index in [2.05, 4.69) is 17.0 Å². The van der Waals surface area contributed by atoms with E-state index in [0.29, 0.717) is 34.0 Å². The van der Waals surface area contributed by atoms with E-state index in [1.54, 1.807) is 23.1 Å². The molecule has 1 saturated heterocycles. The molecule has 3 aromatic rings. The zero-order chi connectivity index (χ0) is 23.9. The minimum atomic E-state index is -4.70. The number of ether oxygens (including phenoxy) is 2. The van der Waals surface area contributed by atoms with Crippen LogP contribution in [0.2, 0.25) is 0 Å². The van der Waals surface area contributed by atoms with Crippen molar-refractivity contribution in [1.82, 2.24) is 19.5 Å². The molecular formula is C23H25F3N4O3. The van der Waals surface area contributed by atoms with Crippen LogP contribution in [-0.2, 0) is 6.18 Å². The number of halogens is 3. The van der Waals surface area contributed by atoms with E-state index in [1.165, 1.54) is 20.3 Å². The lowest BCUT2D eigenvalue weighted by Crippen LogP contribution is -2.45. The van der Waals surface area contributed by atoms with Crippen LogP contribution >= 0.6 is 0 Å². The molecule has 0 unspecified atom stereocenters. The van der Waals surface area contributed by atoms with Gasteiger partial charge in [-0.1, -0.05) is 6.92 Å². The van der Waals surface area contributed by atoms with Gasteiger partial charge < -0.3 is 14.4 Å². The molecule has 4 rings (SSSR count). The SMILES string of the molecule is COc1ccc(-c2cc(C(F)(F)F)n3nc(C(=O)N4C[C@@H](C)CC[C@@H]4C)cc3n2)cc1OC. The van der Waals surface area contributed by atoms with E-state index in [4.69, 9.17) is 9.47 Å². The first kappa shape index (κ1) is 22.9. The molecule has 33 heavy (non-hydrogen) atoms. The van der Waals surface area contributed by atoms with Crippen LogP contribution in [0.1, 0.15) is 42.9 Å². The Bertz CT molecular complexity index is 1190. The zero-order valence-electron chi connectivity index (χ0n) is 18.8. The van der Waals surface area contributed by atoms with E-state index in [-0.39, 0.29) is 29.0 Å². The fraction of sp³-hybridized carbons (Fsp3) is 0.435. The zero-order valence-corrected chi connectivity index (χ0v) is 18.8. The topological polar surface area (TPSA) is 69.0 Å². The third-order valence-corrected chi connectivity index (χ3v) is 5.99. The second-order valence-corrected chi connectivity index (χ2v) is 8.38. The minimum absolute atomic E-state index is 0.00381. The summed E-state index contributed by atoms with van der Waals surface area (Å²) in [5.41, 5.74) is -0.645. The standard InChI is InChI=1S/C23H25F3N4O3/c1-13-5-6-14(2)29(12-13)22(31)17-11-21-27-16(10-20(23(24,25)26)30(21)28-17)15-7-8-18(32-3)19(9-15)33-4/h7-11,13-14H,5-6,12H2,1-4H3/t13-,14-/m0/s1. The fourth-order valence-corrected chi connectivity index (χ4v) is 4.14. The van der Waals surface area contributed by atoms with Gasteiger partial charge in [-0.2, -0.15) is 18.3 Å². The number of hydrogen-bond acceptors (Lipinski definition) is 5. The lowest BCUT2D eigenvalue weighted by Gasteiger charge is -2.36. The van der Waals surface area contributed by atoms with Gasteiger partial charge in [0.05, 0.1) is 19.9 Å². The van der Waals surface area contributed by atoms with E-state index < -0.39 is 11.9 Å². The number of methoxy groups -OCH3 is 2. The minimum Gasteiger partial charge on any atom is -0.493 e. The van der Waals surface area contributed by atoms with Crippen LogP contribution in [0, 0.1) is 5.92 Å². The van der Waals surface area contributed by atoms with Crippen molar-refractivity contribution in [3.8, 4) is 22.8 Å². The quantitative estimate of drug-likeness (QED) is 0.563. The van der Waals surface area contributed by atoms with Gasteiger partial charge in [-0.15, -0.1) is 0 Å². The molecular weight excluding hydrogens is 437 g/mol. The van der Waals surface area contributed by atoms with Gasteiger partial charge in [0.2, 0.25) is 0 Å². The van der Waals surface area contributed by atoms with Crippen molar-refractivity contribution in [2.75, 3.05) is 20.8 Å². The Kier molecular flexibility index (Phi) is 5.94. The average molecular weight is 462 g/mol. The molecule has 1 fully saturated rings. The van der Waals surface area contributed by atoms with Crippen molar-refractivity contribution in [3.05, 3.63) is 41.7 Å². The average Bonchev–Trinajstić information content (AvgIpc) is 3.22.